The molecule has 2 amide bonds. The quantitative estimate of drug-likeness (QED) is 0.521. The van der Waals surface area contributed by atoms with Crippen LogP contribution >= 0.6 is 11.3 Å². The van der Waals surface area contributed by atoms with Gasteiger partial charge in [0.2, 0.25) is 16.9 Å². The summed E-state index contributed by atoms with van der Waals surface area (Å²) in [6, 6.07) is 9.19. The molecule has 1 aliphatic carbocycles. The minimum atomic E-state index is -0.171. The van der Waals surface area contributed by atoms with Crippen molar-refractivity contribution in [3.63, 3.8) is 0 Å². The van der Waals surface area contributed by atoms with Crippen LogP contribution < -0.4 is 10.6 Å². The highest BCUT2D eigenvalue weighted by Crippen LogP contribution is 2.41. The van der Waals surface area contributed by atoms with Crippen molar-refractivity contribution in [2.75, 3.05) is 10.6 Å². The van der Waals surface area contributed by atoms with Gasteiger partial charge in [-0.3, -0.25) is 14.6 Å². The molecule has 3 aromatic rings. The van der Waals surface area contributed by atoms with E-state index in [1.165, 1.54) is 11.3 Å². The van der Waals surface area contributed by atoms with Gasteiger partial charge in [-0.1, -0.05) is 31.3 Å². The van der Waals surface area contributed by atoms with Crippen LogP contribution in [0.15, 0.2) is 36.5 Å². The van der Waals surface area contributed by atoms with Gasteiger partial charge in [0.05, 0.1) is 12.1 Å². The third-order valence-corrected chi connectivity index (χ3v) is 6.64. The van der Waals surface area contributed by atoms with Gasteiger partial charge in [0.25, 0.3) is 0 Å². The largest absolute Gasteiger partial charge is 0.309 e. The van der Waals surface area contributed by atoms with E-state index < -0.39 is 0 Å². The van der Waals surface area contributed by atoms with Gasteiger partial charge < -0.3 is 10.6 Å². The molecular weight excluding hydrogens is 438 g/mol. The standard InChI is InChI=1S/C23H27N7O2S/c1-14(2)21(32)26-23-30-29-22(33-23)16-7-6-15(11-16)12-18-8-9-19(28-27-18)25-20(31)13-17-5-3-4-10-24-17/h3-5,8-10,14-16H,6-7,11-13H2,1-2H3,(H,25,28,31)(H,26,30,32). The second-order valence-corrected chi connectivity index (χ2v) is 9.63. The summed E-state index contributed by atoms with van der Waals surface area (Å²) in [5.41, 5.74) is 1.62. The Kier molecular flexibility index (Phi) is 7.33. The zero-order chi connectivity index (χ0) is 23.2. The summed E-state index contributed by atoms with van der Waals surface area (Å²) in [5, 5.41) is 24.0. The van der Waals surface area contributed by atoms with Crippen molar-refractivity contribution in [1.82, 2.24) is 25.4 Å². The maximum absolute atomic E-state index is 12.2. The molecule has 2 N–H and O–H groups in total. The van der Waals surface area contributed by atoms with E-state index in [1.54, 1.807) is 12.3 Å². The van der Waals surface area contributed by atoms with Crippen LogP contribution in [0.25, 0.3) is 0 Å². The second-order valence-electron chi connectivity index (χ2n) is 8.63. The topological polar surface area (TPSA) is 123 Å². The number of rotatable bonds is 8. The molecule has 1 aliphatic rings. The van der Waals surface area contributed by atoms with Crippen LogP contribution in [0, 0.1) is 11.8 Å². The first-order valence-electron chi connectivity index (χ1n) is 11.1. The number of hydrogen-bond donors (Lipinski definition) is 2. The maximum atomic E-state index is 12.2. The molecule has 1 saturated carbocycles. The normalized spacial score (nSPS) is 17.8. The molecule has 2 unspecified atom stereocenters. The number of carbonyl (C=O) groups excluding carboxylic acids is 2. The van der Waals surface area contributed by atoms with Crippen LogP contribution in [0.1, 0.15) is 55.4 Å². The van der Waals surface area contributed by atoms with E-state index in [1.807, 2.05) is 38.1 Å². The molecule has 2 atom stereocenters. The Bertz CT molecular complexity index is 1090. The number of anilines is 2. The van der Waals surface area contributed by atoms with Gasteiger partial charge in [-0.05, 0) is 55.9 Å². The second kappa shape index (κ2) is 10.6. The van der Waals surface area contributed by atoms with Crippen molar-refractivity contribution in [3.8, 4) is 0 Å². The molecule has 9 nitrogen and oxygen atoms in total. The fourth-order valence-corrected chi connectivity index (χ4v) is 4.76. The smallest absolute Gasteiger partial charge is 0.231 e. The van der Waals surface area contributed by atoms with Crippen molar-refractivity contribution >= 4 is 34.1 Å². The van der Waals surface area contributed by atoms with Gasteiger partial charge in [0.1, 0.15) is 5.01 Å². The Morgan fingerprint density at radius 2 is 1.91 bits per heavy atom. The average molecular weight is 466 g/mol. The summed E-state index contributed by atoms with van der Waals surface area (Å²) in [5.74, 6) is 0.984. The van der Waals surface area contributed by atoms with E-state index in [4.69, 9.17) is 0 Å². The monoisotopic (exact) mass is 465 g/mol. The van der Waals surface area contributed by atoms with E-state index in [2.05, 4.69) is 36.0 Å². The van der Waals surface area contributed by atoms with E-state index in [0.717, 1.165) is 36.4 Å². The molecule has 0 radical (unpaired) electrons. The number of hydrogen-bond acceptors (Lipinski definition) is 8. The first kappa shape index (κ1) is 22.9. The van der Waals surface area contributed by atoms with Crippen LogP contribution in [-0.4, -0.2) is 37.2 Å². The minimum absolute atomic E-state index is 0.0445. The molecule has 33 heavy (non-hydrogen) atoms. The minimum Gasteiger partial charge on any atom is -0.309 e. The first-order chi connectivity index (χ1) is 16.0. The molecular formula is C23H27N7O2S. The molecule has 4 rings (SSSR count). The number of aromatic nitrogens is 5. The highest BCUT2D eigenvalue weighted by molar-refractivity contribution is 7.15. The van der Waals surface area contributed by atoms with E-state index >= 15 is 0 Å². The Labute approximate surface area is 196 Å². The van der Waals surface area contributed by atoms with Crippen LogP contribution in [0.4, 0.5) is 10.9 Å². The molecule has 0 saturated heterocycles. The molecule has 172 valence electrons. The maximum Gasteiger partial charge on any atom is 0.231 e. The van der Waals surface area contributed by atoms with Gasteiger partial charge in [-0.2, -0.15) is 5.10 Å². The number of nitrogens with zero attached hydrogens (tertiary/aromatic N) is 5. The molecule has 0 bridgehead atoms. The van der Waals surface area contributed by atoms with Crippen molar-refractivity contribution in [2.24, 2.45) is 11.8 Å². The number of amides is 2. The molecule has 1 fully saturated rings. The predicted octanol–water partition coefficient (Wildman–Crippen LogP) is 3.63. The summed E-state index contributed by atoms with van der Waals surface area (Å²) < 4.78 is 0. The summed E-state index contributed by atoms with van der Waals surface area (Å²) in [4.78, 5) is 28.2. The van der Waals surface area contributed by atoms with Gasteiger partial charge in [0, 0.05) is 23.7 Å². The van der Waals surface area contributed by atoms with Gasteiger partial charge in [-0.15, -0.1) is 15.3 Å². The predicted molar refractivity (Wildman–Crippen MR) is 126 cm³/mol. The third kappa shape index (κ3) is 6.38. The lowest BCUT2D eigenvalue weighted by Crippen LogP contribution is -2.17. The van der Waals surface area contributed by atoms with E-state index in [9.17, 15) is 9.59 Å². The lowest BCUT2D eigenvalue weighted by molar-refractivity contribution is -0.119. The lowest BCUT2D eigenvalue weighted by Gasteiger charge is -2.09. The molecule has 0 spiro atoms. The van der Waals surface area contributed by atoms with Crippen molar-refractivity contribution in [2.45, 2.75) is 51.9 Å². The molecule has 10 heteroatoms. The number of carbonyl (C=O) groups is 2. The number of nitrogens with one attached hydrogen (secondary N) is 2. The fourth-order valence-electron chi connectivity index (χ4n) is 3.87. The molecule has 3 aromatic heterocycles. The SMILES string of the molecule is CC(C)C(=O)Nc1nnc(C2CCC(Cc3ccc(NC(=O)Cc4ccccn4)nn3)C2)s1. The summed E-state index contributed by atoms with van der Waals surface area (Å²) in [6.07, 6.45) is 5.84. The van der Waals surface area contributed by atoms with E-state index in [-0.39, 0.29) is 24.2 Å². The van der Waals surface area contributed by atoms with Crippen molar-refractivity contribution in [1.29, 1.82) is 0 Å². The highest BCUT2D eigenvalue weighted by Gasteiger charge is 2.29. The fraction of sp³-hybridized carbons (Fsp3) is 0.435. The van der Waals surface area contributed by atoms with Crippen LogP contribution in [0.2, 0.25) is 0 Å². The zero-order valence-electron chi connectivity index (χ0n) is 18.7. The van der Waals surface area contributed by atoms with Crippen molar-refractivity contribution < 1.29 is 9.59 Å². The Balaban J connectivity index is 1.26. The lowest BCUT2D eigenvalue weighted by atomic mass is 10.00. The van der Waals surface area contributed by atoms with Gasteiger partial charge in [-0.25, -0.2) is 0 Å². The highest BCUT2D eigenvalue weighted by atomic mass is 32.1. The Morgan fingerprint density at radius 3 is 2.64 bits per heavy atom. The zero-order valence-corrected chi connectivity index (χ0v) is 19.5. The van der Waals surface area contributed by atoms with Gasteiger partial charge >= 0.3 is 0 Å². The first-order valence-corrected chi connectivity index (χ1v) is 11.9. The van der Waals surface area contributed by atoms with Gasteiger partial charge in [0.15, 0.2) is 5.82 Å². The third-order valence-electron chi connectivity index (χ3n) is 5.64. The summed E-state index contributed by atoms with van der Waals surface area (Å²) >= 11 is 1.47. The van der Waals surface area contributed by atoms with E-state index in [0.29, 0.717) is 28.5 Å². The van der Waals surface area contributed by atoms with Crippen LogP contribution in [0.3, 0.4) is 0 Å². The number of pyridine rings is 1. The van der Waals surface area contributed by atoms with Crippen LogP contribution in [0.5, 0.6) is 0 Å². The van der Waals surface area contributed by atoms with Crippen molar-refractivity contribution in [3.05, 3.63) is 52.9 Å². The molecule has 0 aromatic carbocycles. The summed E-state index contributed by atoms with van der Waals surface area (Å²) in [6.45, 7) is 3.70. The average Bonchev–Trinajstić information content (AvgIpc) is 3.45. The Morgan fingerprint density at radius 1 is 1.03 bits per heavy atom. The molecule has 0 aliphatic heterocycles. The Hall–Kier alpha value is -3.27. The van der Waals surface area contributed by atoms with Crippen LogP contribution in [-0.2, 0) is 22.4 Å². The molecule has 3 heterocycles. The summed E-state index contributed by atoms with van der Waals surface area (Å²) in [7, 11) is 0.